The number of carboxylic acid groups (broad SMARTS) is 1. The van der Waals surface area contributed by atoms with Gasteiger partial charge in [-0.2, -0.15) is 0 Å². The standard InChI is InChI=1S/C14H20N2O3/c1-2-3-4-5-6-9-12(17)16-13-11(14(18)19)8-7-10-15-13/h7-8,10H,2-6,9H2,1H3,(H,18,19)(H,15,16,17). The molecule has 0 fully saturated rings. The average molecular weight is 264 g/mol. The zero-order valence-electron chi connectivity index (χ0n) is 11.2. The van der Waals surface area contributed by atoms with E-state index in [0.717, 1.165) is 19.3 Å². The SMILES string of the molecule is CCCCCCCC(=O)Nc1ncccc1C(=O)O. The minimum absolute atomic E-state index is 0.0156. The lowest BCUT2D eigenvalue weighted by Crippen LogP contribution is -2.15. The molecule has 0 saturated heterocycles. The molecule has 0 atom stereocenters. The van der Waals surface area contributed by atoms with Gasteiger partial charge in [0.1, 0.15) is 11.4 Å². The predicted octanol–water partition coefficient (Wildman–Crippen LogP) is 3.08. The first-order valence-corrected chi connectivity index (χ1v) is 6.63. The van der Waals surface area contributed by atoms with Crippen LogP contribution in [0.15, 0.2) is 18.3 Å². The summed E-state index contributed by atoms with van der Waals surface area (Å²) in [5.74, 6) is -1.15. The number of nitrogens with zero attached hydrogens (tertiary/aromatic N) is 1. The largest absolute Gasteiger partial charge is 0.478 e. The lowest BCUT2D eigenvalue weighted by molar-refractivity contribution is -0.116. The lowest BCUT2D eigenvalue weighted by Gasteiger charge is -2.06. The monoisotopic (exact) mass is 264 g/mol. The van der Waals surface area contributed by atoms with Crippen LogP contribution in [0.1, 0.15) is 55.8 Å². The molecule has 0 saturated carbocycles. The van der Waals surface area contributed by atoms with Crippen molar-refractivity contribution in [1.29, 1.82) is 0 Å². The van der Waals surface area contributed by atoms with Crippen LogP contribution in [0.2, 0.25) is 0 Å². The van der Waals surface area contributed by atoms with Gasteiger partial charge in [-0.3, -0.25) is 4.79 Å². The summed E-state index contributed by atoms with van der Waals surface area (Å²) in [6.07, 6.45) is 7.19. The van der Waals surface area contributed by atoms with Crippen molar-refractivity contribution in [2.24, 2.45) is 0 Å². The molecule has 0 aromatic carbocycles. The number of hydrogen-bond donors (Lipinski definition) is 2. The summed E-state index contributed by atoms with van der Waals surface area (Å²) < 4.78 is 0. The van der Waals surface area contributed by atoms with Crippen LogP contribution in [0.3, 0.4) is 0 Å². The summed E-state index contributed by atoms with van der Waals surface area (Å²) in [7, 11) is 0. The Balaban J connectivity index is 2.42. The average Bonchev–Trinajstić information content (AvgIpc) is 2.39. The third-order valence-electron chi connectivity index (χ3n) is 2.80. The van der Waals surface area contributed by atoms with Crippen molar-refractivity contribution < 1.29 is 14.7 Å². The topological polar surface area (TPSA) is 79.3 Å². The number of carboxylic acids is 1. The molecular weight excluding hydrogens is 244 g/mol. The second kappa shape index (κ2) is 8.24. The first-order valence-electron chi connectivity index (χ1n) is 6.63. The van der Waals surface area contributed by atoms with E-state index >= 15 is 0 Å². The van der Waals surface area contributed by atoms with Gasteiger partial charge in [0, 0.05) is 12.6 Å². The van der Waals surface area contributed by atoms with Gasteiger partial charge < -0.3 is 10.4 Å². The van der Waals surface area contributed by atoms with Crippen LogP contribution in [0.4, 0.5) is 5.82 Å². The molecule has 2 N–H and O–H groups in total. The normalized spacial score (nSPS) is 10.2. The van der Waals surface area contributed by atoms with Crippen LogP contribution in [0.25, 0.3) is 0 Å². The maximum absolute atomic E-state index is 11.7. The van der Waals surface area contributed by atoms with Gasteiger partial charge in [-0.25, -0.2) is 9.78 Å². The van der Waals surface area contributed by atoms with E-state index in [1.54, 1.807) is 0 Å². The number of nitrogens with one attached hydrogen (secondary N) is 1. The number of carbonyl (C=O) groups excluding carboxylic acids is 1. The third-order valence-corrected chi connectivity index (χ3v) is 2.80. The molecule has 1 aromatic heterocycles. The van der Waals surface area contributed by atoms with Crippen LogP contribution in [0, 0.1) is 0 Å². The first kappa shape index (κ1) is 15.1. The van der Waals surface area contributed by atoms with E-state index in [4.69, 9.17) is 5.11 Å². The van der Waals surface area contributed by atoms with Crippen LogP contribution in [-0.2, 0) is 4.79 Å². The second-order valence-corrected chi connectivity index (χ2v) is 4.42. The highest BCUT2D eigenvalue weighted by Crippen LogP contribution is 2.12. The molecule has 5 heteroatoms. The van der Waals surface area contributed by atoms with E-state index in [0.29, 0.717) is 6.42 Å². The molecular formula is C14H20N2O3. The summed E-state index contributed by atoms with van der Waals surface area (Å²) in [5, 5.41) is 11.5. The molecule has 0 radical (unpaired) electrons. The van der Waals surface area contributed by atoms with Crippen molar-refractivity contribution in [3.05, 3.63) is 23.9 Å². The Bertz CT molecular complexity index is 432. The Labute approximate surface area is 113 Å². The molecule has 1 amide bonds. The molecule has 1 rings (SSSR count). The summed E-state index contributed by atoms with van der Waals surface area (Å²) in [6.45, 7) is 2.14. The highest BCUT2D eigenvalue weighted by molar-refractivity contribution is 5.99. The van der Waals surface area contributed by atoms with Gasteiger partial charge in [0.15, 0.2) is 0 Å². The fourth-order valence-corrected chi connectivity index (χ4v) is 1.76. The van der Waals surface area contributed by atoms with Crippen molar-refractivity contribution in [3.8, 4) is 0 Å². The van der Waals surface area contributed by atoms with Crippen LogP contribution < -0.4 is 5.32 Å². The first-order chi connectivity index (χ1) is 9.15. The summed E-state index contributed by atoms with van der Waals surface area (Å²) in [6, 6.07) is 2.95. The van der Waals surface area contributed by atoms with E-state index in [1.165, 1.54) is 31.2 Å². The molecule has 0 unspecified atom stereocenters. The number of pyridine rings is 1. The van der Waals surface area contributed by atoms with Gasteiger partial charge >= 0.3 is 5.97 Å². The van der Waals surface area contributed by atoms with E-state index in [9.17, 15) is 9.59 Å². The van der Waals surface area contributed by atoms with Gasteiger partial charge in [-0.15, -0.1) is 0 Å². The maximum atomic E-state index is 11.7. The number of rotatable bonds is 8. The number of amides is 1. The Hall–Kier alpha value is -1.91. The predicted molar refractivity (Wildman–Crippen MR) is 73.2 cm³/mol. The van der Waals surface area contributed by atoms with Crippen LogP contribution in [-0.4, -0.2) is 22.0 Å². The van der Waals surface area contributed by atoms with E-state index in [2.05, 4.69) is 17.2 Å². The Morgan fingerprint density at radius 2 is 2.00 bits per heavy atom. The minimum Gasteiger partial charge on any atom is -0.478 e. The molecule has 0 spiro atoms. The Morgan fingerprint density at radius 3 is 2.68 bits per heavy atom. The fourth-order valence-electron chi connectivity index (χ4n) is 1.76. The zero-order chi connectivity index (χ0) is 14.1. The van der Waals surface area contributed by atoms with Gasteiger partial charge in [0.05, 0.1) is 0 Å². The van der Waals surface area contributed by atoms with Crippen molar-refractivity contribution in [1.82, 2.24) is 4.98 Å². The molecule has 0 aliphatic rings. The second-order valence-electron chi connectivity index (χ2n) is 4.42. The van der Waals surface area contributed by atoms with Crippen molar-refractivity contribution in [3.63, 3.8) is 0 Å². The molecule has 1 aromatic rings. The Kier molecular flexibility index (Phi) is 6.57. The quantitative estimate of drug-likeness (QED) is 0.707. The Morgan fingerprint density at radius 1 is 1.26 bits per heavy atom. The minimum atomic E-state index is -1.09. The van der Waals surface area contributed by atoms with Gasteiger partial charge in [0.2, 0.25) is 5.91 Å². The number of hydrogen-bond acceptors (Lipinski definition) is 3. The van der Waals surface area contributed by atoms with Crippen molar-refractivity contribution in [2.75, 3.05) is 5.32 Å². The maximum Gasteiger partial charge on any atom is 0.339 e. The number of anilines is 1. The highest BCUT2D eigenvalue weighted by Gasteiger charge is 2.12. The molecule has 0 aliphatic carbocycles. The lowest BCUT2D eigenvalue weighted by atomic mass is 10.1. The molecule has 19 heavy (non-hydrogen) atoms. The van der Waals surface area contributed by atoms with Crippen LogP contribution >= 0.6 is 0 Å². The molecule has 104 valence electrons. The fraction of sp³-hybridized carbons (Fsp3) is 0.500. The molecule has 0 bridgehead atoms. The highest BCUT2D eigenvalue weighted by atomic mass is 16.4. The van der Waals surface area contributed by atoms with Crippen molar-refractivity contribution >= 4 is 17.7 Å². The molecule has 1 heterocycles. The molecule has 0 aliphatic heterocycles. The number of aromatic nitrogens is 1. The number of aromatic carboxylic acids is 1. The van der Waals surface area contributed by atoms with Crippen LogP contribution in [0.5, 0.6) is 0 Å². The summed E-state index contributed by atoms with van der Waals surface area (Å²) in [4.78, 5) is 26.5. The van der Waals surface area contributed by atoms with Gasteiger partial charge in [0.25, 0.3) is 0 Å². The van der Waals surface area contributed by atoms with Gasteiger partial charge in [-0.1, -0.05) is 32.6 Å². The summed E-state index contributed by atoms with van der Waals surface area (Å²) >= 11 is 0. The van der Waals surface area contributed by atoms with E-state index in [-0.39, 0.29) is 17.3 Å². The third kappa shape index (κ3) is 5.50. The molecule has 5 nitrogen and oxygen atoms in total. The number of unbranched alkanes of at least 4 members (excludes halogenated alkanes) is 4. The van der Waals surface area contributed by atoms with E-state index < -0.39 is 5.97 Å². The summed E-state index contributed by atoms with van der Waals surface area (Å²) in [5.41, 5.74) is 0.0156. The van der Waals surface area contributed by atoms with Gasteiger partial charge in [-0.05, 0) is 18.6 Å². The number of carbonyl (C=O) groups is 2. The smallest absolute Gasteiger partial charge is 0.339 e. The van der Waals surface area contributed by atoms with Crippen molar-refractivity contribution in [2.45, 2.75) is 45.4 Å². The van der Waals surface area contributed by atoms with E-state index in [1.807, 2.05) is 0 Å². The zero-order valence-corrected chi connectivity index (χ0v) is 11.2.